The van der Waals surface area contributed by atoms with E-state index in [2.05, 4.69) is 43.5 Å². The number of carbonyl (C=O) groups is 2. The zero-order valence-corrected chi connectivity index (χ0v) is 47.3. The lowest BCUT2D eigenvalue weighted by atomic mass is 10.0. The minimum atomic E-state index is -0.659. The molecule has 0 spiro atoms. The van der Waals surface area contributed by atoms with Crippen LogP contribution in [-0.4, -0.2) is 47.4 Å². The van der Waals surface area contributed by atoms with Crippen molar-refractivity contribution in [1.82, 2.24) is 5.32 Å². The van der Waals surface area contributed by atoms with Gasteiger partial charge in [0.1, 0.15) is 0 Å². The minimum Gasteiger partial charge on any atom is -0.466 e. The molecule has 0 aliphatic heterocycles. The summed E-state index contributed by atoms with van der Waals surface area (Å²) in [6.45, 7) is 4.92. The van der Waals surface area contributed by atoms with E-state index < -0.39 is 12.1 Å². The summed E-state index contributed by atoms with van der Waals surface area (Å²) in [7, 11) is 0. The molecule has 0 radical (unpaired) electrons. The predicted molar refractivity (Wildman–Crippen MR) is 306 cm³/mol. The van der Waals surface area contributed by atoms with Crippen molar-refractivity contribution >= 4 is 11.9 Å². The molecule has 6 nitrogen and oxygen atoms in total. The van der Waals surface area contributed by atoms with Crippen molar-refractivity contribution in [3.05, 3.63) is 24.3 Å². The third-order valence-corrected chi connectivity index (χ3v) is 14.8. The van der Waals surface area contributed by atoms with E-state index in [0.717, 1.165) is 51.4 Å². The molecule has 2 atom stereocenters. The standard InChI is InChI=1S/C64H123NO5/c1-3-5-7-9-11-13-14-15-31-35-38-42-46-50-54-58-64(69)70-59-55-51-47-43-39-36-33-30-28-26-24-22-20-18-16-17-19-21-23-25-27-29-32-34-37-41-45-49-53-57-63(68)65-61(60-66)62(67)56-52-48-44-40-12-10-8-6-4-2/h11,13,15,31,61-62,66-67H,3-10,12,14,16-30,32-60H2,1-2H3,(H,65,68)/b13-11-,31-15-. The van der Waals surface area contributed by atoms with Crippen LogP contribution in [0, 0.1) is 0 Å². The van der Waals surface area contributed by atoms with Crippen molar-refractivity contribution in [2.24, 2.45) is 0 Å². The summed E-state index contributed by atoms with van der Waals surface area (Å²) in [5, 5.41) is 23.1. The Kier molecular flexibility index (Phi) is 58.5. The Morgan fingerprint density at radius 3 is 1.11 bits per heavy atom. The number of nitrogens with one attached hydrogen (secondary N) is 1. The van der Waals surface area contributed by atoms with Gasteiger partial charge < -0.3 is 20.3 Å². The lowest BCUT2D eigenvalue weighted by molar-refractivity contribution is -0.143. The highest BCUT2D eigenvalue weighted by atomic mass is 16.5. The molecule has 0 aliphatic rings. The Morgan fingerprint density at radius 2 is 0.714 bits per heavy atom. The van der Waals surface area contributed by atoms with E-state index in [1.807, 2.05) is 0 Å². The zero-order valence-electron chi connectivity index (χ0n) is 47.3. The smallest absolute Gasteiger partial charge is 0.305 e. The Labute approximate surface area is 437 Å². The van der Waals surface area contributed by atoms with Crippen LogP contribution >= 0.6 is 0 Å². The van der Waals surface area contributed by atoms with Crippen molar-refractivity contribution in [3.63, 3.8) is 0 Å². The lowest BCUT2D eigenvalue weighted by Crippen LogP contribution is -2.45. The number of aliphatic hydroxyl groups is 2. The fourth-order valence-electron chi connectivity index (χ4n) is 9.91. The van der Waals surface area contributed by atoms with Gasteiger partial charge in [-0.1, -0.05) is 301 Å². The molecule has 70 heavy (non-hydrogen) atoms. The third kappa shape index (κ3) is 55.7. The maximum Gasteiger partial charge on any atom is 0.305 e. The van der Waals surface area contributed by atoms with Crippen LogP contribution in [-0.2, 0) is 14.3 Å². The van der Waals surface area contributed by atoms with Gasteiger partial charge in [-0.05, 0) is 57.8 Å². The second-order valence-electron chi connectivity index (χ2n) is 21.7. The van der Waals surface area contributed by atoms with E-state index in [1.54, 1.807) is 0 Å². The molecule has 6 heteroatoms. The fraction of sp³-hybridized carbons (Fsp3) is 0.906. The van der Waals surface area contributed by atoms with Gasteiger partial charge in [-0.15, -0.1) is 0 Å². The zero-order chi connectivity index (χ0) is 50.7. The largest absolute Gasteiger partial charge is 0.466 e. The minimum absolute atomic E-state index is 0.00556. The summed E-state index contributed by atoms with van der Waals surface area (Å²) in [6.07, 6.45) is 73.6. The SMILES string of the molecule is CCCCC/C=C\C/C=C\CCCCCCCC(=O)OCCCCCCCCCCCCCCCCCCCCCCCCCCCCCCCC(=O)NC(CO)C(O)CCCCCCCCCCC. The molecule has 0 heterocycles. The Bertz CT molecular complexity index is 1090. The quantitative estimate of drug-likeness (QED) is 0.0321. The summed E-state index contributed by atoms with van der Waals surface area (Å²) in [5.74, 6) is -0.0272. The molecular formula is C64H123NO5. The van der Waals surface area contributed by atoms with Crippen molar-refractivity contribution in [2.75, 3.05) is 13.2 Å². The number of hydrogen-bond donors (Lipinski definition) is 3. The van der Waals surface area contributed by atoms with Crippen LogP contribution in [0.25, 0.3) is 0 Å². The topological polar surface area (TPSA) is 95.9 Å². The van der Waals surface area contributed by atoms with E-state index >= 15 is 0 Å². The van der Waals surface area contributed by atoms with Gasteiger partial charge in [-0.25, -0.2) is 0 Å². The van der Waals surface area contributed by atoms with Crippen molar-refractivity contribution < 1.29 is 24.5 Å². The van der Waals surface area contributed by atoms with Crippen LogP contribution in [0.5, 0.6) is 0 Å². The lowest BCUT2D eigenvalue weighted by Gasteiger charge is -2.22. The highest BCUT2D eigenvalue weighted by molar-refractivity contribution is 5.76. The number of carbonyl (C=O) groups excluding carboxylic acids is 2. The van der Waals surface area contributed by atoms with Gasteiger partial charge in [-0.2, -0.15) is 0 Å². The first-order chi connectivity index (χ1) is 34.5. The molecule has 1 amide bonds. The van der Waals surface area contributed by atoms with E-state index in [-0.39, 0.29) is 18.5 Å². The fourth-order valence-corrected chi connectivity index (χ4v) is 9.91. The van der Waals surface area contributed by atoms with Gasteiger partial charge in [0.15, 0.2) is 0 Å². The van der Waals surface area contributed by atoms with Crippen LogP contribution < -0.4 is 5.32 Å². The molecule has 0 bridgehead atoms. The first kappa shape index (κ1) is 68.3. The molecule has 0 aromatic rings. The second kappa shape index (κ2) is 59.9. The Morgan fingerprint density at radius 1 is 0.400 bits per heavy atom. The van der Waals surface area contributed by atoms with Gasteiger partial charge in [0.2, 0.25) is 5.91 Å². The third-order valence-electron chi connectivity index (χ3n) is 14.8. The Hall–Kier alpha value is -1.66. The highest BCUT2D eigenvalue weighted by Crippen LogP contribution is 2.18. The average Bonchev–Trinajstić information content (AvgIpc) is 3.36. The monoisotopic (exact) mass is 986 g/mol. The van der Waals surface area contributed by atoms with Crippen LogP contribution in [0.1, 0.15) is 348 Å². The molecule has 0 aromatic heterocycles. The molecule has 0 saturated carbocycles. The summed E-state index contributed by atoms with van der Waals surface area (Å²) < 4.78 is 5.48. The maximum atomic E-state index is 12.4. The van der Waals surface area contributed by atoms with Gasteiger partial charge in [0.25, 0.3) is 0 Å². The molecule has 0 rings (SSSR count). The van der Waals surface area contributed by atoms with Crippen molar-refractivity contribution in [1.29, 1.82) is 0 Å². The molecule has 0 aliphatic carbocycles. The summed E-state index contributed by atoms with van der Waals surface area (Å²) in [5.41, 5.74) is 0. The normalized spacial score (nSPS) is 12.7. The summed E-state index contributed by atoms with van der Waals surface area (Å²) in [6, 6.07) is -0.536. The molecular weight excluding hydrogens is 863 g/mol. The summed E-state index contributed by atoms with van der Waals surface area (Å²) in [4.78, 5) is 24.5. The molecule has 414 valence electrons. The average molecular weight is 987 g/mol. The number of hydrogen-bond acceptors (Lipinski definition) is 5. The number of allylic oxidation sites excluding steroid dienone is 4. The first-order valence-corrected chi connectivity index (χ1v) is 31.6. The number of aliphatic hydroxyl groups excluding tert-OH is 2. The van der Waals surface area contributed by atoms with Crippen LogP contribution in [0.15, 0.2) is 24.3 Å². The highest BCUT2D eigenvalue weighted by Gasteiger charge is 2.20. The number of esters is 1. The van der Waals surface area contributed by atoms with Gasteiger partial charge in [-0.3, -0.25) is 9.59 Å². The van der Waals surface area contributed by atoms with Crippen LogP contribution in [0.4, 0.5) is 0 Å². The van der Waals surface area contributed by atoms with Gasteiger partial charge >= 0.3 is 5.97 Å². The second-order valence-corrected chi connectivity index (χ2v) is 21.7. The van der Waals surface area contributed by atoms with Gasteiger partial charge in [0.05, 0.1) is 25.4 Å². The van der Waals surface area contributed by atoms with E-state index in [9.17, 15) is 19.8 Å². The number of amides is 1. The van der Waals surface area contributed by atoms with Crippen LogP contribution in [0.3, 0.4) is 0 Å². The molecule has 0 saturated heterocycles. The van der Waals surface area contributed by atoms with E-state index in [0.29, 0.717) is 25.9 Å². The van der Waals surface area contributed by atoms with Gasteiger partial charge in [0, 0.05) is 12.8 Å². The van der Waals surface area contributed by atoms with E-state index in [4.69, 9.17) is 4.74 Å². The molecule has 0 fully saturated rings. The number of rotatable bonds is 59. The summed E-state index contributed by atoms with van der Waals surface area (Å²) >= 11 is 0. The molecule has 0 aromatic carbocycles. The van der Waals surface area contributed by atoms with Crippen molar-refractivity contribution in [3.8, 4) is 0 Å². The predicted octanol–water partition coefficient (Wildman–Crippen LogP) is 19.8. The van der Waals surface area contributed by atoms with E-state index in [1.165, 1.54) is 263 Å². The van der Waals surface area contributed by atoms with Crippen molar-refractivity contribution in [2.45, 2.75) is 360 Å². The molecule has 3 N–H and O–H groups in total. The maximum absolute atomic E-state index is 12.4. The number of unbranched alkanes of at least 4 members (excludes halogenated alkanes) is 44. The van der Waals surface area contributed by atoms with Crippen LogP contribution in [0.2, 0.25) is 0 Å². The first-order valence-electron chi connectivity index (χ1n) is 31.6. The Balaban J connectivity index is 3.30. The molecule has 2 unspecified atom stereocenters. The number of ether oxygens (including phenoxy) is 1.